The molecular weight excluding hydrogens is 440 g/mol. The summed E-state index contributed by atoms with van der Waals surface area (Å²) in [5, 5.41) is 0. The van der Waals surface area contributed by atoms with Crippen LogP contribution in [0.2, 0.25) is 0 Å². The molecule has 0 N–H and O–H groups in total. The lowest BCUT2D eigenvalue weighted by atomic mass is 9.80. The highest BCUT2D eigenvalue weighted by Crippen LogP contribution is 2.51. The van der Waals surface area contributed by atoms with E-state index in [1.54, 1.807) is 12.1 Å². The smallest absolute Gasteiger partial charge is 0.171 e. The summed E-state index contributed by atoms with van der Waals surface area (Å²) in [6, 6.07) is 6.18. The molecule has 0 bridgehead atoms. The van der Waals surface area contributed by atoms with E-state index in [9.17, 15) is 4.39 Å². The van der Waals surface area contributed by atoms with Crippen LogP contribution in [-0.2, 0) is 6.42 Å². The van der Waals surface area contributed by atoms with E-state index < -0.39 is 24.0 Å². The van der Waals surface area contributed by atoms with Gasteiger partial charge in [0.2, 0.25) is 0 Å². The molecule has 0 heterocycles. The number of unbranched alkanes of at least 4 members (excludes halogenated alkanes) is 2. The van der Waals surface area contributed by atoms with Crippen molar-refractivity contribution in [1.82, 2.24) is 0 Å². The van der Waals surface area contributed by atoms with Crippen molar-refractivity contribution in [1.29, 1.82) is 0 Å². The molecule has 2 aromatic carbocycles. The summed E-state index contributed by atoms with van der Waals surface area (Å²) in [5.74, 6) is -0.517. The highest BCUT2D eigenvalue weighted by molar-refractivity contribution is 5.76. The van der Waals surface area contributed by atoms with E-state index in [4.69, 9.17) is 4.74 Å². The summed E-state index contributed by atoms with van der Waals surface area (Å²) < 4.78 is 66.2. The molecule has 2 aliphatic carbocycles. The minimum absolute atomic E-state index is 0.0507. The van der Waals surface area contributed by atoms with Gasteiger partial charge in [0.15, 0.2) is 23.9 Å². The minimum atomic E-state index is -2.27. The lowest BCUT2D eigenvalue weighted by molar-refractivity contribution is 0.155. The largest absolute Gasteiger partial charge is 0.490 e. The normalized spacial score (nSPS) is 23.9. The number of rotatable bonds is 9. The molecule has 2 aliphatic rings. The van der Waals surface area contributed by atoms with Gasteiger partial charge in [-0.15, -0.1) is 0 Å². The van der Waals surface area contributed by atoms with Crippen LogP contribution in [0.25, 0.3) is 11.1 Å². The maximum atomic E-state index is 15.3. The number of aryl methyl sites for hydroxylation is 1. The van der Waals surface area contributed by atoms with E-state index in [2.05, 4.69) is 6.92 Å². The summed E-state index contributed by atoms with van der Waals surface area (Å²) in [6.45, 7) is 4.49. The van der Waals surface area contributed by atoms with Crippen LogP contribution in [0.5, 0.6) is 5.75 Å². The molecule has 0 aliphatic heterocycles. The first-order chi connectivity index (χ1) is 16.5. The number of hydrogen-bond donors (Lipinski definition) is 0. The molecule has 1 saturated carbocycles. The van der Waals surface area contributed by atoms with Gasteiger partial charge in [0.1, 0.15) is 5.82 Å². The Morgan fingerprint density at radius 3 is 2.03 bits per heavy atom. The topological polar surface area (TPSA) is 9.23 Å². The summed E-state index contributed by atoms with van der Waals surface area (Å²) in [4.78, 5) is 0. The molecule has 2 atom stereocenters. The van der Waals surface area contributed by atoms with Gasteiger partial charge in [-0.05, 0) is 53.9 Å². The third-order valence-corrected chi connectivity index (χ3v) is 7.68. The first-order valence-corrected chi connectivity index (χ1v) is 13.0. The van der Waals surface area contributed by atoms with Crippen LogP contribution >= 0.6 is 0 Å². The molecule has 0 radical (unpaired) electrons. The molecule has 0 spiro atoms. The number of fused-ring (bicyclic) bond motifs is 3. The fraction of sp³-hybridized carbons (Fsp3) is 0.586. The first-order valence-electron chi connectivity index (χ1n) is 13.0. The molecule has 0 aromatic heterocycles. The zero-order valence-electron chi connectivity index (χ0n) is 20.3. The average molecular weight is 477 g/mol. The van der Waals surface area contributed by atoms with Crippen LogP contribution in [0.15, 0.2) is 24.3 Å². The fourth-order valence-corrected chi connectivity index (χ4v) is 5.66. The Balaban J connectivity index is 1.48. The standard InChI is InChI=1S/C29H36F4O/c1-3-5-6-8-18-9-11-19(12-10-18)17-34-23-16-15-22-21-14-13-20(7-4-2)26(30)24(21)28(32)29(33)25(22)27(23)31/h13-16,18-19,28-29H,3-12,17H2,1-2H3. The highest BCUT2D eigenvalue weighted by atomic mass is 19.2. The lowest BCUT2D eigenvalue weighted by Gasteiger charge is -2.30. The van der Waals surface area contributed by atoms with Crippen molar-refractivity contribution in [2.24, 2.45) is 11.8 Å². The van der Waals surface area contributed by atoms with Crippen LogP contribution in [0, 0.1) is 23.5 Å². The SMILES string of the molecule is CCCCCC1CCC(COc2ccc3c(c2F)C(F)C(F)c2c-3ccc(CCC)c2F)CC1. The number of benzene rings is 2. The molecule has 34 heavy (non-hydrogen) atoms. The van der Waals surface area contributed by atoms with Crippen molar-refractivity contribution < 1.29 is 22.3 Å². The molecule has 2 unspecified atom stereocenters. The lowest BCUT2D eigenvalue weighted by Crippen LogP contribution is -2.21. The van der Waals surface area contributed by atoms with E-state index in [0.29, 0.717) is 30.9 Å². The van der Waals surface area contributed by atoms with Gasteiger partial charge in [0, 0.05) is 11.1 Å². The Kier molecular flexibility index (Phi) is 8.21. The van der Waals surface area contributed by atoms with Gasteiger partial charge in [-0.1, -0.05) is 77.0 Å². The van der Waals surface area contributed by atoms with Crippen molar-refractivity contribution in [3.8, 4) is 16.9 Å². The first kappa shape index (κ1) is 25.1. The number of alkyl halides is 2. The fourth-order valence-electron chi connectivity index (χ4n) is 5.66. The van der Waals surface area contributed by atoms with E-state index >= 15 is 13.2 Å². The molecule has 5 heteroatoms. The van der Waals surface area contributed by atoms with Crippen LogP contribution in [0.1, 0.15) is 101 Å². The predicted molar refractivity (Wildman–Crippen MR) is 129 cm³/mol. The maximum absolute atomic E-state index is 15.3. The Bertz CT molecular complexity index is 981. The number of halogens is 4. The van der Waals surface area contributed by atoms with Crippen LogP contribution in [-0.4, -0.2) is 6.61 Å². The van der Waals surface area contributed by atoms with Crippen molar-refractivity contribution >= 4 is 0 Å². The summed E-state index contributed by atoms with van der Waals surface area (Å²) in [5.41, 5.74) is 0.130. The third-order valence-electron chi connectivity index (χ3n) is 7.68. The monoisotopic (exact) mass is 476 g/mol. The molecular formula is C29H36F4O. The van der Waals surface area contributed by atoms with Crippen molar-refractivity contribution in [2.45, 2.75) is 90.4 Å². The maximum Gasteiger partial charge on any atom is 0.171 e. The zero-order valence-corrected chi connectivity index (χ0v) is 20.3. The van der Waals surface area contributed by atoms with Gasteiger partial charge in [0.25, 0.3) is 0 Å². The van der Waals surface area contributed by atoms with E-state index in [1.165, 1.54) is 50.7 Å². The van der Waals surface area contributed by atoms with Crippen LogP contribution in [0.3, 0.4) is 0 Å². The second-order valence-corrected chi connectivity index (χ2v) is 10.1. The second kappa shape index (κ2) is 11.1. The van der Waals surface area contributed by atoms with Gasteiger partial charge in [-0.3, -0.25) is 0 Å². The second-order valence-electron chi connectivity index (χ2n) is 10.1. The Morgan fingerprint density at radius 1 is 0.765 bits per heavy atom. The molecule has 0 amide bonds. The van der Waals surface area contributed by atoms with Gasteiger partial charge in [-0.2, -0.15) is 0 Å². The molecule has 4 rings (SSSR count). The van der Waals surface area contributed by atoms with E-state index in [0.717, 1.165) is 18.8 Å². The van der Waals surface area contributed by atoms with Crippen LogP contribution < -0.4 is 4.74 Å². The van der Waals surface area contributed by atoms with E-state index in [1.807, 2.05) is 6.92 Å². The van der Waals surface area contributed by atoms with Gasteiger partial charge in [0.05, 0.1) is 6.61 Å². The Labute approximate surface area is 200 Å². The Hall–Kier alpha value is -2.04. The third kappa shape index (κ3) is 4.99. The van der Waals surface area contributed by atoms with Gasteiger partial charge in [-0.25, -0.2) is 17.6 Å². The Morgan fingerprint density at radius 2 is 1.38 bits per heavy atom. The average Bonchev–Trinajstić information content (AvgIpc) is 2.84. The van der Waals surface area contributed by atoms with E-state index in [-0.39, 0.29) is 28.0 Å². The van der Waals surface area contributed by atoms with Gasteiger partial charge >= 0.3 is 0 Å². The predicted octanol–water partition coefficient (Wildman–Crippen LogP) is 9.38. The quantitative estimate of drug-likeness (QED) is 0.259. The number of ether oxygens (including phenoxy) is 1. The van der Waals surface area contributed by atoms with Gasteiger partial charge < -0.3 is 4.74 Å². The summed E-state index contributed by atoms with van der Waals surface area (Å²) in [6.07, 6.45) is 6.15. The molecule has 1 fully saturated rings. The highest BCUT2D eigenvalue weighted by Gasteiger charge is 2.40. The summed E-state index contributed by atoms with van der Waals surface area (Å²) >= 11 is 0. The molecule has 186 valence electrons. The van der Waals surface area contributed by atoms with Crippen molar-refractivity contribution in [2.75, 3.05) is 6.61 Å². The zero-order chi connectivity index (χ0) is 24.2. The molecule has 0 saturated heterocycles. The van der Waals surface area contributed by atoms with Crippen LogP contribution in [0.4, 0.5) is 17.6 Å². The molecule has 1 nitrogen and oxygen atoms in total. The number of hydrogen-bond acceptors (Lipinski definition) is 1. The molecule has 2 aromatic rings. The minimum Gasteiger partial charge on any atom is -0.490 e. The summed E-state index contributed by atoms with van der Waals surface area (Å²) in [7, 11) is 0. The van der Waals surface area contributed by atoms with Crippen molar-refractivity contribution in [3.63, 3.8) is 0 Å². The van der Waals surface area contributed by atoms with Crippen molar-refractivity contribution in [3.05, 3.63) is 52.6 Å².